The van der Waals surface area contributed by atoms with E-state index in [0.29, 0.717) is 33.4 Å². The van der Waals surface area contributed by atoms with E-state index in [1.54, 1.807) is 25.1 Å². The maximum atomic E-state index is 12.2. The zero-order chi connectivity index (χ0) is 16.4. The van der Waals surface area contributed by atoms with Crippen molar-refractivity contribution in [2.45, 2.75) is 19.9 Å². The summed E-state index contributed by atoms with van der Waals surface area (Å²) in [5.41, 5.74) is 1.50. The highest BCUT2D eigenvalue weighted by Gasteiger charge is 2.36. The molecule has 0 fully saturated rings. The molecule has 2 amide bonds. The lowest BCUT2D eigenvalue weighted by Gasteiger charge is -2.35. The molecule has 2 rings (SSSR count). The molecule has 1 aliphatic rings. The zero-order valence-electron chi connectivity index (χ0n) is 12.4. The standard InChI is InChI=1S/C15H16Cl2N2O3/c1-4-19-8(2)12(14(20)22-3)13(18-15(19)21)10-6-5-9(16)7-11(10)17/h5-7,13H,4H2,1-3H3,(H,18,21). The highest BCUT2D eigenvalue weighted by Crippen LogP contribution is 2.35. The summed E-state index contributed by atoms with van der Waals surface area (Å²) in [6, 6.07) is 3.95. The minimum Gasteiger partial charge on any atom is -0.466 e. The summed E-state index contributed by atoms with van der Waals surface area (Å²) in [5, 5.41) is 3.64. The Morgan fingerprint density at radius 1 is 1.41 bits per heavy atom. The molecule has 0 bridgehead atoms. The topological polar surface area (TPSA) is 58.6 Å². The number of amides is 2. The number of hydrogen-bond donors (Lipinski definition) is 1. The quantitative estimate of drug-likeness (QED) is 0.855. The van der Waals surface area contributed by atoms with Gasteiger partial charge in [0, 0.05) is 22.3 Å². The summed E-state index contributed by atoms with van der Waals surface area (Å²) in [4.78, 5) is 25.9. The van der Waals surface area contributed by atoms with Crippen molar-refractivity contribution in [2.24, 2.45) is 0 Å². The number of nitrogens with zero attached hydrogens (tertiary/aromatic N) is 1. The van der Waals surface area contributed by atoms with Crippen LogP contribution in [-0.2, 0) is 9.53 Å². The molecule has 118 valence electrons. The molecular formula is C15H16Cl2N2O3. The first kappa shape index (κ1) is 16.6. The highest BCUT2D eigenvalue weighted by molar-refractivity contribution is 6.35. The molecule has 0 spiro atoms. The lowest BCUT2D eigenvalue weighted by molar-refractivity contribution is -0.136. The van der Waals surface area contributed by atoms with Gasteiger partial charge in [-0.05, 0) is 31.5 Å². The molecule has 0 radical (unpaired) electrons. The molecule has 0 aromatic heterocycles. The lowest BCUT2D eigenvalue weighted by Crippen LogP contribution is -2.47. The average molecular weight is 343 g/mol. The van der Waals surface area contributed by atoms with Crippen LogP contribution in [0, 0.1) is 0 Å². The maximum absolute atomic E-state index is 12.2. The van der Waals surface area contributed by atoms with E-state index in [1.165, 1.54) is 12.0 Å². The molecule has 0 saturated heterocycles. The Hall–Kier alpha value is -1.72. The van der Waals surface area contributed by atoms with Gasteiger partial charge in [0.05, 0.1) is 18.7 Å². The fourth-order valence-corrected chi connectivity index (χ4v) is 3.02. The number of hydrogen-bond acceptors (Lipinski definition) is 3. The number of esters is 1. The van der Waals surface area contributed by atoms with Crippen molar-refractivity contribution in [1.29, 1.82) is 0 Å². The van der Waals surface area contributed by atoms with Crippen molar-refractivity contribution in [3.8, 4) is 0 Å². The molecule has 22 heavy (non-hydrogen) atoms. The van der Waals surface area contributed by atoms with Crippen LogP contribution in [0.3, 0.4) is 0 Å². The normalized spacial score (nSPS) is 18.3. The smallest absolute Gasteiger partial charge is 0.337 e. The van der Waals surface area contributed by atoms with Crippen LogP contribution in [0.15, 0.2) is 29.5 Å². The van der Waals surface area contributed by atoms with E-state index >= 15 is 0 Å². The second-order valence-electron chi connectivity index (χ2n) is 4.78. The largest absolute Gasteiger partial charge is 0.466 e. The number of rotatable bonds is 3. The van der Waals surface area contributed by atoms with E-state index in [-0.39, 0.29) is 6.03 Å². The van der Waals surface area contributed by atoms with Crippen LogP contribution >= 0.6 is 23.2 Å². The van der Waals surface area contributed by atoms with Gasteiger partial charge < -0.3 is 10.1 Å². The Morgan fingerprint density at radius 3 is 2.64 bits per heavy atom. The molecule has 5 nitrogen and oxygen atoms in total. The van der Waals surface area contributed by atoms with Crippen molar-refractivity contribution in [1.82, 2.24) is 10.2 Å². The van der Waals surface area contributed by atoms with Crippen molar-refractivity contribution in [3.63, 3.8) is 0 Å². The second-order valence-corrected chi connectivity index (χ2v) is 5.63. The number of allylic oxidation sites excluding steroid dienone is 1. The molecule has 1 atom stereocenters. The van der Waals surface area contributed by atoms with Crippen molar-refractivity contribution in [2.75, 3.05) is 13.7 Å². The Morgan fingerprint density at radius 2 is 2.09 bits per heavy atom. The molecule has 1 aromatic carbocycles. The van der Waals surface area contributed by atoms with Crippen LogP contribution < -0.4 is 5.32 Å². The van der Waals surface area contributed by atoms with Crippen molar-refractivity contribution < 1.29 is 14.3 Å². The Kier molecular flexibility index (Phi) is 4.98. The molecule has 7 heteroatoms. The summed E-state index contributed by atoms with van der Waals surface area (Å²) >= 11 is 12.1. The number of carbonyl (C=O) groups excluding carboxylic acids is 2. The van der Waals surface area contributed by atoms with Gasteiger partial charge in [0.15, 0.2) is 0 Å². The SMILES string of the molecule is CCN1C(=O)NC(c2ccc(Cl)cc2Cl)C(C(=O)OC)=C1C. The number of benzene rings is 1. The summed E-state index contributed by atoms with van der Waals surface area (Å²) in [6.45, 7) is 3.98. The van der Waals surface area contributed by atoms with E-state index in [0.717, 1.165) is 0 Å². The van der Waals surface area contributed by atoms with Gasteiger partial charge in [-0.1, -0.05) is 29.3 Å². The summed E-state index contributed by atoms with van der Waals surface area (Å²) in [5.74, 6) is -0.507. The number of urea groups is 1. The van der Waals surface area contributed by atoms with Gasteiger partial charge in [-0.3, -0.25) is 4.90 Å². The number of halogens is 2. The maximum Gasteiger partial charge on any atom is 0.337 e. The number of methoxy groups -OCH3 is 1. The third-order valence-electron chi connectivity index (χ3n) is 3.59. The van der Waals surface area contributed by atoms with Gasteiger partial charge in [0.25, 0.3) is 0 Å². The monoisotopic (exact) mass is 342 g/mol. The number of ether oxygens (including phenoxy) is 1. The zero-order valence-corrected chi connectivity index (χ0v) is 14.0. The predicted octanol–water partition coefficient (Wildman–Crippen LogP) is 3.53. The molecule has 1 heterocycles. The minimum atomic E-state index is -0.674. The van der Waals surface area contributed by atoms with Crippen LogP contribution in [0.5, 0.6) is 0 Å². The third-order valence-corrected chi connectivity index (χ3v) is 4.15. The predicted molar refractivity (Wildman–Crippen MR) is 84.8 cm³/mol. The van der Waals surface area contributed by atoms with Gasteiger partial charge in [-0.25, -0.2) is 9.59 Å². The summed E-state index contributed by atoms with van der Waals surface area (Å²) in [6.07, 6.45) is 0. The lowest BCUT2D eigenvalue weighted by atomic mass is 9.95. The molecular weight excluding hydrogens is 327 g/mol. The number of carbonyl (C=O) groups is 2. The highest BCUT2D eigenvalue weighted by atomic mass is 35.5. The Bertz CT molecular complexity index is 658. The van der Waals surface area contributed by atoms with Gasteiger partial charge in [0.2, 0.25) is 0 Å². The van der Waals surface area contributed by atoms with Crippen LogP contribution in [0.2, 0.25) is 10.0 Å². The second kappa shape index (κ2) is 6.58. The molecule has 0 aliphatic carbocycles. The average Bonchev–Trinajstić information content (AvgIpc) is 2.46. The molecule has 1 unspecified atom stereocenters. The number of nitrogens with one attached hydrogen (secondary N) is 1. The van der Waals surface area contributed by atoms with E-state index in [1.807, 2.05) is 6.92 Å². The Labute approximate surface area is 138 Å². The molecule has 1 aromatic rings. The van der Waals surface area contributed by atoms with Crippen LogP contribution in [0.25, 0.3) is 0 Å². The van der Waals surface area contributed by atoms with Crippen molar-refractivity contribution in [3.05, 3.63) is 45.1 Å². The third kappa shape index (κ3) is 2.91. The van der Waals surface area contributed by atoms with Gasteiger partial charge in [0.1, 0.15) is 0 Å². The minimum absolute atomic E-state index is 0.288. The van der Waals surface area contributed by atoms with Gasteiger partial charge >= 0.3 is 12.0 Å². The first-order chi connectivity index (χ1) is 10.4. The van der Waals surface area contributed by atoms with Crippen LogP contribution in [0.1, 0.15) is 25.5 Å². The van der Waals surface area contributed by atoms with Gasteiger partial charge in [-0.2, -0.15) is 0 Å². The molecule has 1 aliphatic heterocycles. The van der Waals surface area contributed by atoms with E-state index in [4.69, 9.17) is 27.9 Å². The Balaban J connectivity index is 2.60. The van der Waals surface area contributed by atoms with E-state index in [2.05, 4.69) is 5.32 Å². The molecule has 1 N–H and O–H groups in total. The summed E-state index contributed by atoms with van der Waals surface area (Å²) in [7, 11) is 1.30. The fraction of sp³-hybridized carbons (Fsp3) is 0.333. The first-order valence-corrected chi connectivity index (χ1v) is 7.48. The summed E-state index contributed by atoms with van der Waals surface area (Å²) < 4.78 is 4.86. The van der Waals surface area contributed by atoms with Crippen molar-refractivity contribution >= 4 is 35.2 Å². The fourth-order valence-electron chi connectivity index (χ4n) is 2.51. The molecule has 0 saturated carbocycles. The first-order valence-electron chi connectivity index (χ1n) is 6.72. The van der Waals surface area contributed by atoms with E-state index < -0.39 is 12.0 Å². The van der Waals surface area contributed by atoms with E-state index in [9.17, 15) is 9.59 Å². The van der Waals surface area contributed by atoms with Crippen LogP contribution in [-0.4, -0.2) is 30.6 Å². The van der Waals surface area contributed by atoms with Crippen LogP contribution in [0.4, 0.5) is 4.79 Å². The van der Waals surface area contributed by atoms with Gasteiger partial charge in [-0.15, -0.1) is 0 Å².